The third kappa shape index (κ3) is 2.81. The van der Waals surface area contributed by atoms with Crippen molar-refractivity contribution in [3.63, 3.8) is 0 Å². The van der Waals surface area contributed by atoms with E-state index < -0.39 is 22.7 Å². The summed E-state index contributed by atoms with van der Waals surface area (Å²) in [5, 5.41) is 47.6. The van der Waals surface area contributed by atoms with Crippen LogP contribution >= 0.6 is 0 Å². The monoisotopic (exact) mass is 326 g/mol. The summed E-state index contributed by atoms with van der Waals surface area (Å²) in [5.74, 6) is -2.71. The molecule has 2 aromatic carbocycles. The number of hydrogen-bond donors (Lipinski definition) is 5. The molecule has 0 aliphatic heterocycles. The maximum Gasteiger partial charge on any atom is 1.00 e. The number of aromatic hydroxyl groups is 5. The van der Waals surface area contributed by atoms with Gasteiger partial charge in [0.1, 0.15) is 22.5 Å². The van der Waals surface area contributed by atoms with Crippen LogP contribution < -0.4 is 35.0 Å². The van der Waals surface area contributed by atoms with Gasteiger partial charge in [0.2, 0.25) is 11.2 Å². The Kier molecular flexibility index (Phi) is 4.46. The van der Waals surface area contributed by atoms with Crippen LogP contribution in [-0.4, -0.2) is 25.5 Å². The van der Waals surface area contributed by atoms with Gasteiger partial charge in [-0.2, -0.15) is 0 Å². The fourth-order valence-corrected chi connectivity index (χ4v) is 2.14. The Morgan fingerprint density at radius 3 is 2.22 bits per heavy atom. The fraction of sp³-hybridized carbons (Fsp3) is 0. The summed E-state index contributed by atoms with van der Waals surface area (Å²) in [4.78, 5) is 12.1. The van der Waals surface area contributed by atoms with Crippen molar-refractivity contribution < 1.29 is 60.9 Å². The number of phenols is 4. The SMILES string of the molecule is O=c1c(O)c(-c2ccc(O)c(O)c2)oc2cc(O)cc(O)c12.[H-].[Na+]. The first-order valence-corrected chi connectivity index (χ1v) is 6.12. The van der Waals surface area contributed by atoms with E-state index >= 15 is 0 Å². The van der Waals surface area contributed by atoms with Crippen LogP contribution in [-0.2, 0) is 0 Å². The fourth-order valence-electron chi connectivity index (χ4n) is 2.14. The Hall–Kier alpha value is -2.35. The molecule has 23 heavy (non-hydrogen) atoms. The van der Waals surface area contributed by atoms with Crippen molar-refractivity contribution in [1.29, 1.82) is 0 Å². The van der Waals surface area contributed by atoms with E-state index in [-0.39, 0.29) is 64.8 Å². The number of benzene rings is 2. The molecule has 114 valence electrons. The summed E-state index contributed by atoms with van der Waals surface area (Å²) in [6.45, 7) is 0. The molecule has 0 saturated carbocycles. The van der Waals surface area contributed by atoms with Crippen LogP contribution in [0.2, 0.25) is 0 Å². The molecule has 5 N–H and O–H groups in total. The summed E-state index contributed by atoms with van der Waals surface area (Å²) in [6, 6.07) is 5.64. The molecule has 0 unspecified atom stereocenters. The van der Waals surface area contributed by atoms with Gasteiger partial charge in [0.05, 0.1) is 0 Å². The minimum atomic E-state index is -0.888. The molecule has 0 bridgehead atoms. The molecule has 0 fully saturated rings. The van der Waals surface area contributed by atoms with Crippen molar-refractivity contribution in [3.05, 3.63) is 40.6 Å². The summed E-state index contributed by atoms with van der Waals surface area (Å²) in [7, 11) is 0. The molecule has 0 amide bonds. The Morgan fingerprint density at radius 2 is 1.57 bits per heavy atom. The molecular formula is C15H11NaO7. The Morgan fingerprint density at radius 1 is 0.870 bits per heavy atom. The first-order valence-electron chi connectivity index (χ1n) is 6.12. The minimum Gasteiger partial charge on any atom is -1.00 e. The molecule has 7 nitrogen and oxygen atoms in total. The zero-order valence-corrected chi connectivity index (χ0v) is 13.9. The Labute approximate surface area is 152 Å². The van der Waals surface area contributed by atoms with E-state index in [2.05, 4.69) is 0 Å². The van der Waals surface area contributed by atoms with E-state index in [0.29, 0.717) is 0 Å². The van der Waals surface area contributed by atoms with Gasteiger partial charge in [-0.15, -0.1) is 0 Å². The molecule has 1 heterocycles. The predicted octanol–water partition coefficient (Wildman–Crippen LogP) is -0.896. The number of phenolic OH excluding ortho intramolecular Hbond substituents is 4. The zero-order chi connectivity index (χ0) is 16.0. The van der Waals surface area contributed by atoms with Crippen molar-refractivity contribution in [3.8, 4) is 40.1 Å². The molecule has 3 rings (SSSR count). The van der Waals surface area contributed by atoms with Gasteiger partial charge < -0.3 is 31.4 Å². The summed E-state index contributed by atoms with van der Waals surface area (Å²) in [6.07, 6.45) is 0. The Bertz CT molecular complexity index is 968. The van der Waals surface area contributed by atoms with Crippen molar-refractivity contribution in [2.24, 2.45) is 0 Å². The second-order valence-electron chi connectivity index (χ2n) is 4.65. The smallest absolute Gasteiger partial charge is 1.00 e. The van der Waals surface area contributed by atoms with Crippen LogP contribution in [0, 0.1) is 0 Å². The van der Waals surface area contributed by atoms with E-state index in [4.69, 9.17) is 4.42 Å². The van der Waals surface area contributed by atoms with Crippen molar-refractivity contribution in [1.82, 2.24) is 0 Å². The van der Waals surface area contributed by atoms with Crippen LogP contribution in [0.15, 0.2) is 39.5 Å². The summed E-state index contributed by atoms with van der Waals surface area (Å²) >= 11 is 0. The van der Waals surface area contributed by atoms with Gasteiger partial charge in [-0.1, -0.05) is 0 Å². The largest absolute Gasteiger partial charge is 1.00 e. The second-order valence-corrected chi connectivity index (χ2v) is 4.65. The predicted molar refractivity (Wildman–Crippen MR) is 77.4 cm³/mol. The van der Waals surface area contributed by atoms with Crippen LogP contribution in [0.25, 0.3) is 22.3 Å². The molecule has 0 saturated heterocycles. The van der Waals surface area contributed by atoms with E-state index in [1.54, 1.807) is 0 Å². The zero-order valence-electron chi connectivity index (χ0n) is 12.9. The second kappa shape index (κ2) is 6.04. The molecule has 0 atom stereocenters. The number of rotatable bonds is 1. The van der Waals surface area contributed by atoms with Gasteiger partial charge in [0.25, 0.3) is 0 Å². The van der Waals surface area contributed by atoms with Gasteiger partial charge in [-0.05, 0) is 18.2 Å². The third-order valence-corrected chi connectivity index (χ3v) is 3.17. The van der Waals surface area contributed by atoms with Gasteiger partial charge in [0.15, 0.2) is 17.3 Å². The van der Waals surface area contributed by atoms with Crippen molar-refractivity contribution >= 4 is 11.0 Å². The Balaban J connectivity index is 0.00000144. The molecule has 0 aliphatic carbocycles. The molecule has 8 heteroatoms. The van der Waals surface area contributed by atoms with Crippen LogP contribution in [0.3, 0.4) is 0 Å². The van der Waals surface area contributed by atoms with Crippen LogP contribution in [0.5, 0.6) is 28.7 Å². The van der Waals surface area contributed by atoms with E-state index in [1.165, 1.54) is 6.07 Å². The molecule has 0 spiro atoms. The average molecular weight is 326 g/mol. The van der Waals surface area contributed by atoms with Gasteiger partial charge in [-0.3, -0.25) is 4.79 Å². The van der Waals surface area contributed by atoms with E-state index in [9.17, 15) is 30.3 Å². The maximum atomic E-state index is 12.1. The number of fused-ring (bicyclic) bond motifs is 1. The van der Waals surface area contributed by atoms with Crippen molar-refractivity contribution in [2.75, 3.05) is 0 Å². The van der Waals surface area contributed by atoms with Crippen LogP contribution in [0.1, 0.15) is 1.43 Å². The molecule has 0 radical (unpaired) electrons. The molecule has 0 aliphatic rings. The molecule has 1 aromatic heterocycles. The minimum absolute atomic E-state index is 0. The third-order valence-electron chi connectivity index (χ3n) is 3.17. The standard InChI is InChI=1S/C15H10O7.Na.H/c16-7-4-10(19)12-11(5-7)22-15(14(21)13(12)20)6-1-2-8(17)9(18)3-6;;/h1-5,16-19,21H;;/q;+1;-1. The first-order chi connectivity index (χ1) is 10.4. The first kappa shape index (κ1) is 17.0. The molecular weight excluding hydrogens is 315 g/mol. The number of hydrogen-bond acceptors (Lipinski definition) is 7. The summed E-state index contributed by atoms with van der Waals surface area (Å²) < 4.78 is 5.35. The van der Waals surface area contributed by atoms with E-state index in [0.717, 1.165) is 24.3 Å². The molecule has 3 aromatic rings. The van der Waals surface area contributed by atoms with Crippen molar-refractivity contribution in [2.45, 2.75) is 0 Å². The normalized spacial score (nSPS) is 10.4. The quantitative estimate of drug-likeness (QED) is 0.289. The van der Waals surface area contributed by atoms with Gasteiger partial charge in [-0.25, -0.2) is 0 Å². The topological polar surface area (TPSA) is 131 Å². The maximum absolute atomic E-state index is 12.1. The van der Waals surface area contributed by atoms with Gasteiger partial charge >= 0.3 is 29.6 Å². The van der Waals surface area contributed by atoms with Crippen LogP contribution in [0.4, 0.5) is 0 Å². The van der Waals surface area contributed by atoms with Gasteiger partial charge in [0, 0.05) is 17.7 Å². The average Bonchev–Trinajstić information content (AvgIpc) is 2.45. The summed E-state index contributed by atoms with van der Waals surface area (Å²) in [5.41, 5.74) is -0.890. The van der Waals surface area contributed by atoms with E-state index in [1.807, 2.05) is 0 Å².